The standard InChI is InChI=1S/C15H23ClN2/c1-2-8-17-11-15-7-4-9-18(15)12-13-5-3-6-14(16)10-13/h3,5-6,10,15,17H,2,4,7-9,11-12H2,1H3. The molecule has 2 rings (SSSR count). The molecule has 0 bridgehead atoms. The molecule has 0 aliphatic carbocycles. The van der Waals surface area contributed by atoms with E-state index in [1.807, 2.05) is 12.1 Å². The van der Waals surface area contributed by atoms with Crippen LogP contribution in [0.1, 0.15) is 31.7 Å². The Bertz CT molecular complexity index is 367. The second kappa shape index (κ2) is 7.13. The van der Waals surface area contributed by atoms with Crippen LogP contribution in [0.15, 0.2) is 24.3 Å². The van der Waals surface area contributed by atoms with Crippen molar-refractivity contribution in [1.29, 1.82) is 0 Å². The van der Waals surface area contributed by atoms with Crippen molar-refractivity contribution in [3.63, 3.8) is 0 Å². The molecule has 100 valence electrons. The van der Waals surface area contributed by atoms with Crippen LogP contribution in [-0.2, 0) is 6.54 Å². The molecule has 0 radical (unpaired) electrons. The van der Waals surface area contributed by atoms with Crippen LogP contribution in [0.5, 0.6) is 0 Å². The second-order valence-corrected chi connectivity index (χ2v) is 5.54. The van der Waals surface area contributed by atoms with Crippen LogP contribution in [0.2, 0.25) is 5.02 Å². The lowest BCUT2D eigenvalue weighted by atomic mass is 10.2. The van der Waals surface area contributed by atoms with E-state index in [0.29, 0.717) is 6.04 Å². The highest BCUT2D eigenvalue weighted by molar-refractivity contribution is 6.30. The Kier molecular flexibility index (Phi) is 5.48. The van der Waals surface area contributed by atoms with Crippen molar-refractivity contribution in [3.05, 3.63) is 34.9 Å². The minimum Gasteiger partial charge on any atom is -0.315 e. The summed E-state index contributed by atoms with van der Waals surface area (Å²) in [5, 5.41) is 4.38. The molecule has 0 spiro atoms. The maximum Gasteiger partial charge on any atom is 0.0409 e. The Morgan fingerprint density at radius 3 is 3.11 bits per heavy atom. The Labute approximate surface area is 115 Å². The number of hydrogen-bond acceptors (Lipinski definition) is 2. The van der Waals surface area contributed by atoms with Gasteiger partial charge in [0.1, 0.15) is 0 Å². The molecule has 1 aromatic carbocycles. The molecule has 1 N–H and O–H groups in total. The van der Waals surface area contributed by atoms with Crippen LogP contribution >= 0.6 is 11.6 Å². The maximum atomic E-state index is 6.04. The van der Waals surface area contributed by atoms with E-state index in [9.17, 15) is 0 Å². The van der Waals surface area contributed by atoms with Gasteiger partial charge in [-0.3, -0.25) is 4.90 Å². The molecule has 3 heteroatoms. The van der Waals surface area contributed by atoms with Crippen LogP contribution < -0.4 is 5.32 Å². The summed E-state index contributed by atoms with van der Waals surface area (Å²) in [7, 11) is 0. The zero-order chi connectivity index (χ0) is 12.8. The fourth-order valence-corrected chi connectivity index (χ4v) is 2.86. The molecular weight excluding hydrogens is 244 g/mol. The molecule has 1 fully saturated rings. The summed E-state index contributed by atoms with van der Waals surface area (Å²) >= 11 is 6.04. The van der Waals surface area contributed by atoms with Gasteiger partial charge in [-0.15, -0.1) is 0 Å². The molecule has 1 atom stereocenters. The number of nitrogens with zero attached hydrogens (tertiary/aromatic N) is 1. The predicted octanol–water partition coefficient (Wildman–Crippen LogP) is 3.30. The smallest absolute Gasteiger partial charge is 0.0409 e. The van der Waals surface area contributed by atoms with Crippen LogP contribution in [0.25, 0.3) is 0 Å². The lowest BCUT2D eigenvalue weighted by molar-refractivity contribution is 0.239. The summed E-state index contributed by atoms with van der Waals surface area (Å²) in [5.41, 5.74) is 1.32. The fourth-order valence-electron chi connectivity index (χ4n) is 2.65. The first kappa shape index (κ1) is 13.9. The normalized spacial score (nSPS) is 20.4. The minimum atomic E-state index is 0.690. The predicted molar refractivity (Wildman–Crippen MR) is 78.0 cm³/mol. The number of likely N-dealkylation sites (tertiary alicyclic amines) is 1. The highest BCUT2D eigenvalue weighted by Gasteiger charge is 2.23. The van der Waals surface area contributed by atoms with Gasteiger partial charge >= 0.3 is 0 Å². The number of halogens is 1. The number of nitrogens with one attached hydrogen (secondary N) is 1. The lowest BCUT2D eigenvalue weighted by Gasteiger charge is -2.24. The van der Waals surface area contributed by atoms with Crippen LogP contribution in [0.3, 0.4) is 0 Å². The van der Waals surface area contributed by atoms with Gasteiger partial charge in [0.25, 0.3) is 0 Å². The average Bonchev–Trinajstić information content (AvgIpc) is 2.77. The third-order valence-corrected chi connectivity index (χ3v) is 3.82. The van der Waals surface area contributed by atoms with Crippen LogP contribution in [-0.4, -0.2) is 30.6 Å². The van der Waals surface area contributed by atoms with Crippen molar-refractivity contribution in [2.45, 2.75) is 38.8 Å². The molecule has 1 aliphatic rings. The summed E-state index contributed by atoms with van der Waals surface area (Å²) in [6.45, 7) is 6.70. The Morgan fingerprint density at radius 2 is 2.33 bits per heavy atom. The molecule has 18 heavy (non-hydrogen) atoms. The van der Waals surface area contributed by atoms with E-state index >= 15 is 0 Å². The van der Waals surface area contributed by atoms with Gasteiger partial charge in [-0.1, -0.05) is 30.7 Å². The molecule has 1 aliphatic heterocycles. The first-order valence-electron chi connectivity index (χ1n) is 6.99. The van der Waals surface area contributed by atoms with Crippen molar-refractivity contribution in [2.75, 3.05) is 19.6 Å². The summed E-state index contributed by atoms with van der Waals surface area (Å²) in [5.74, 6) is 0. The van der Waals surface area contributed by atoms with Gasteiger partial charge in [0.2, 0.25) is 0 Å². The fraction of sp³-hybridized carbons (Fsp3) is 0.600. The van der Waals surface area contributed by atoms with Gasteiger partial charge in [-0.05, 0) is 50.0 Å². The van der Waals surface area contributed by atoms with Crippen molar-refractivity contribution in [2.24, 2.45) is 0 Å². The molecule has 1 aromatic rings. The van der Waals surface area contributed by atoms with Crippen molar-refractivity contribution in [1.82, 2.24) is 10.2 Å². The molecule has 1 heterocycles. The van der Waals surface area contributed by atoms with Gasteiger partial charge in [-0.2, -0.15) is 0 Å². The van der Waals surface area contributed by atoms with E-state index in [0.717, 1.165) is 24.7 Å². The molecule has 2 nitrogen and oxygen atoms in total. The van der Waals surface area contributed by atoms with Crippen molar-refractivity contribution >= 4 is 11.6 Å². The zero-order valence-corrected chi connectivity index (χ0v) is 11.9. The third kappa shape index (κ3) is 3.98. The van der Waals surface area contributed by atoms with E-state index in [1.54, 1.807) is 0 Å². The summed E-state index contributed by atoms with van der Waals surface area (Å²) in [6, 6.07) is 8.92. The van der Waals surface area contributed by atoms with Gasteiger partial charge in [-0.25, -0.2) is 0 Å². The monoisotopic (exact) mass is 266 g/mol. The SMILES string of the molecule is CCCNCC1CCCN1Cc1cccc(Cl)c1. The van der Waals surface area contributed by atoms with E-state index < -0.39 is 0 Å². The van der Waals surface area contributed by atoms with Crippen molar-refractivity contribution in [3.8, 4) is 0 Å². The quantitative estimate of drug-likeness (QED) is 0.795. The number of rotatable bonds is 6. The summed E-state index contributed by atoms with van der Waals surface area (Å²) in [4.78, 5) is 2.58. The van der Waals surface area contributed by atoms with Gasteiger partial charge in [0.05, 0.1) is 0 Å². The molecule has 0 saturated carbocycles. The molecule has 0 aromatic heterocycles. The molecule has 1 saturated heterocycles. The Balaban J connectivity index is 1.87. The van der Waals surface area contributed by atoms with Crippen molar-refractivity contribution < 1.29 is 0 Å². The van der Waals surface area contributed by atoms with Crippen LogP contribution in [0.4, 0.5) is 0 Å². The number of hydrogen-bond donors (Lipinski definition) is 1. The summed E-state index contributed by atoms with van der Waals surface area (Å²) in [6.07, 6.45) is 3.84. The average molecular weight is 267 g/mol. The zero-order valence-electron chi connectivity index (χ0n) is 11.2. The van der Waals surface area contributed by atoms with Gasteiger partial charge in [0.15, 0.2) is 0 Å². The molecular formula is C15H23ClN2. The number of benzene rings is 1. The third-order valence-electron chi connectivity index (χ3n) is 3.58. The maximum absolute atomic E-state index is 6.04. The van der Waals surface area contributed by atoms with E-state index in [-0.39, 0.29) is 0 Å². The molecule has 1 unspecified atom stereocenters. The lowest BCUT2D eigenvalue weighted by Crippen LogP contribution is -2.37. The Morgan fingerprint density at radius 1 is 1.44 bits per heavy atom. The minimum absolute atomic E-state index is 0.690. The second-order valence-electron chi connectivity index (χ2n) is 5.10. The van der Waals surface area contributed by atoms with Gasteiger partial charge < -0.3 is 5.32 Å². The van der Waals surface area contributed by atoms with Gasteiger partial charge in [0, 0.05) is 24.2 Å². The van der Waals surface area contributed by atoms with E-state index in [1.165, 1.54) is 31.4 Å². The Hall–Kier alpha value is -0.570. The molecule has 0 amide bonds. The first-order valence-corrected chi connectivity index (χ1v) is 7.36. The highest BCUT2D eigenvalue weighted by atomic mass is 35.5. The largest absolute Gasteiger partial charge is 0.315 e. The summed E-state index contributed by atoms with van der Waals surface area (Å²) < 4.78 is 0. The highest BCUT2D eigenvalue weighted by Crippen LogP contribution is 2.20. The van der Waals surface area contributed by atoms with E-state index in [2.05, 4.69) is 29.3 Å². The van der Waals surface area contributed by atoms with Crippen LogP contribution in [0, 0.1) is 0 Å². The van der Waals surface area contributed by atoms with E-state index in [4.69, 9.17) is 11.6 Å². The first-order chi connectivity index (χ1) is 8.79. The topological polar surface area (TPSA) is 15.3 Å².